The molecule has 0 aromatic rings. The molecule has 12 heavy (non-hydrogen) atoms. The third-order valence-corrected chi connectivity index (χ3v) is 2.82. The van der Waals surface area contributed by atoms with Gasteiger partial charge in [-0.15, -0.1) is 0 Å². The summed E-state index contributed by atoms with van der Waals surface area (Å²) in [4.78, 5) is 0. The van der Waals surface area contributed by atoms with E-state index in [1.54, 1.807) is 0 Å². The number of nitrogens with two attached hydrogens (primary N) is 1. The predicted molar refractivity (Wildman–Crippen MR) is 52.7 cm³/mol. The SMILES string of the molecule is C=[N+](C)CC1CCC(C)(N)CC1. The van der Waals surface area contributed by atoms with Crippen molar-refractivity contribution in [3.63, 3.8) is 0 Å². The molecular formula is C10H21N2+. The van der Waals surface area contributed by atoms with Crippen LogP contribution >= 0.6 is 0 Å². The van der Waals surface area contributed by atoms with Crippen molar-refractivity contribution in [3.8, 4) is 0 Å². The van der Waals surface area contributed by atoms with Gasteiger partial charge in [-0.25, -0.2) is 4.58 Å². The highest BCUT2D eigenvalue weighted by molar-refractivity contribution is 5.14. The Bertz CT molecular complexity index is 163. The van der Waals surface area contributed by atoms with Crippen LogP contribution in [0.5, 0.6) is 0 Å². The van der Waals surface area contributed by atoms with Crippen LogP contribution in [0.2, 0.25) is 0 Å². The molecule has 0 aliphatic heterocycles. The van der Waals surface area contributed by atoms with E-state index in [9.17, 15) is 0 Å². The van der Waals surface area contributed by atoms with Crippen molar-refractivity contribution in [2.24, 2.45) is 11.7 Å². The molecule has 0 amide bonds. The maximum atomic E-state index is 6.04. The lowest BCUT2D eigenvalue weighted by atomic mass is 9.78. The molecule has 1 saturated carbocycles. The van der Waals surface area contributed by atoms with E-state index in [4.69, 9.17) is 5.73 Å². The normalized spacial score (nSPS) is 36.4. The van der Waals surface area contributed by atoms with E-state index < -0.39 is 0 Å². The molecule has 0 heterocycles. The van der Waals surface area contributed by atoms with Crippen LogP contribution in [0, 0.1) is 5.92 Å². The first-order valence-electron chi connectivity index (χ1n) is 4.80. The highest BCUT2D eigenvalue weighted by atomic mass is 14.9. The van der Waals surface area contributed by atoms with Gasteiger partial charge in [0.15, 0.2) is 0 Å². The van der Waals surface area contributed by atoms with Crippen molar-refractivity contribution in [2.75, 3.05) is 13.6 Å². The number of hydrogen-bond donors (Lipinski definition) is 1. The number of rotatable bonds is 2. The minimum atomic E-state index is 0.107. The molecule has 1 aliphatic rings. The largest absolute Gasteiger partial charge is 0.325 e. The second kappa shape index (κ2) is 3.56. The number of nitrogens with zero attached hydrogens (tertiary/aromatic N) is 1. The number of hydrogen-bond acceptors (Lipinski definition) is 1. The van der Waals surface area contributed by atoms with Gasteiger partial charge in [0, 0.05) is 11.5 Å². The average Bonchev–Trinajstić information content (AvgIpc) is 1.93. The highest BCUT2D eigenvalue weighted by Crippen LogP contribution is 2.29. The monoisotopic (exact) mass is 169 g/mol. The Labute approximate surface area is 75.5 Å². The van der Waals surface area contributed by atoms with Crippen molar-refractivity contribution in [2.45, 2.75) is 38.1 Å². The molecule has 1 fully saturated rings. The predicted octanol–water partition coefficient (Wildman–Crippen LogP) is 1.24. The summed E-state index contributed by atoms with van der Waals surface area (Å²) in [6, 6.07) is 0. The lowest BCUT2D eigenvalue weighted by molar-refractivity contribution is -0.497. The Morgan fingerprint density at radius 3 is 2.42 bits per heavy atom. The molecule has 2 nitrogen and oxygen atoms in total. The summed E-state index contributed by atoms with van der Waals surface area (Å²) < 4.78 is 2.03. The quantitative estimate of drug-likeness (QED) is 0.489. The van der Waals surface area contributed by atoms with Gasteiger partial charge in [-0.1, -0.05) is 0 Å². The van der Waals surface area contributed by atoms with Gasteiger partial charge in [-0.05, 0) is 32.6 Å². The molecule has 0 unspecified atom stereocenters. The Morgan fingerprint density at radius 1 is 1.50 bits per heavy atom. The summed E-state index contributed by atoms with van der Waals surface area (Å²) in [5.41, 5.74) is 6.15. The lowest BCUT2D eigenvalue weighted by Crippen LogP contribution is -2.41. The van der Waals surface area contributed by atoms with Gasteiger partial charge in [0.05, 0.1) is 0 Å². The first kappa shape index (κ1) is 9.72. The van der Waals surface area contributed by atoms with E-state index in [-0.39, 0.29) is 5.54 Å². The summed E-state index contributed by atoms with van der Waals surface area (Å²) in [5, 5.41) is 0. The Hall–Kier alpha value is -0.370. The maximum Gasteiger partial charge on any atom is 0.144 e. The van der Waals surface area contributed by atoms with Crippen LogP contribution in [0.25, 0.3) is 0 Å². The molecule has 1 aliphatic carbocycles. The first-order chi connectivity index (χ1) is 5.49. The third kappa shape index (κ3) is 2.94. The van der Waals surface area contributed by atoms with Gasteiger partial charge >= 0.3 is 0 Å². The minimum Gasteiger partial charge on any atom is -0.325 e. The average molecular weight is 169 g/mol. The van der Waals surface area contributed by atoms with Crippen molar-refractivity contribution in [1.29, 1.82) is 0 Å². The second-order valence-electron chi connectivity index (χ2n) is 4.64. The molecule has 0 atom stereocenters. The van der Waals surface area contributed by atoms with Crippen molar-refractivity contribution < 1.29 is 4.58 Å². The summed E-state index contributed by atoms with van der Waals surface area (Å²) in [6.45, 7) is 7.16. The van der Waals surface area contributed by atoms with Gasteiger partial charge in [0.2, 0.25) is 0 Å². The standard InChI is InChI=1S/C10H21N2/c1-10(11)6-4-9(5-7-10)8-12(2)3/h9H,2,4-8,11H2,1,3H3/q+1. The van der Waals surface area contributed by atoms with Gasteiger partial charge in [-0.3, -0.25) is 0 Å². The smallest absolute Gasteiger partial charge is 0.144 e. The second-order valence-corrected chi connectivity index (χ2v) is 4.64. The highest BCUT2D eigenvalue weighted by Gasteiger charge is 2.28. The van der Waals surface area contributed by atoms with E-state index in [2.05, 4.69) is 13.6 Å². The molecule has 0 aromatic heterocycles. The van der Waals surface area contributed by atoms with Crippen LogP contribution in [0.1, 0.15) is 32.6 Å². The summed E-state index contributed by atoms with van der Waals surface area (Å²) in [5.74, 6) is 0.823. The van der Waals surface area contributed by atoms with Gasteiger partial charge in [-0.2, -0.15) is 0 Å². The molecule has 2 heteroatoms. The molecule has 0 saturated heterocycles. The minimum absolute atomic E-state index is 0.107. The fraction of sp³-hybridized carbons (Fsp3) is 0.900. The molecule has 0 radical (unpaired) electrons. The topological polar surface area (TPSA) is 29.0 Å². The summed E-state index contributed by atoms with van der Waals surface area (Å²) >= 11 is 0. The molecule has 0 bridgehead atoms. The van der Waals surface area contributed by atoms with Gasteiger partial charge in [0.1, 0.15) is 20.3 Å². The third-order valence-electron chi connectivity index (χ3n) is 2.82. The van der Waals surface area contributed by atoms with Crippen LogP contribution in [0.3, 0.4) is 0 Å². The molecular weight excluding hydrogens is 148 g/mol. The zero-order chi connectivity index (χ0) is 9.19. The maximum absolute atomic E-state index is 6.04. The van der Waals surface area contributed by atoms with Crippen molar-refractivity contribution in [3.05, 3.63) is 0 Å². The molecule has 1 rings (SSSR count). The van der Waals surface area contributed by atoms with E-state index in [0.717, 1.165) is 12.5 Å². The van der Waals surface area contributed by atoms with E-state index in [1.165, 1.54) is 25.7 Å². The molecule has 2 N–H and O–H groups in total. The summed E-state index contributed by atoms with van der Waals surface area (Å²) in [7, 11) is 2.04. The van der Waals surface area contributed by atoms with Gasteiger partial charge in [0.25, 0.3) is 0 Å². The van der Waals surface area contributed by atoms with E-state index in [1.807, 2.05) is 11.6 Å². The molecule has 0 aromatic carbocycles. The first-order valence-corrected chi connectivity index (χ1v) is 4.80. The van der Waals surface area contributed by atoms with E-state index >= 15 is 0 Å². The van der Waals surface area contributed by atoms with Crippen LogP contribution < -0.4 is 5.73 Å². The zero-order valence-corrected chi connectivity index (χ0v) is 8.34. The van der Waals surface area contributed by atoms with Gasteiger partial charge < -0.3 is 5.73 Å². The zero-order valence-electron chi connectivity index (χ0n) is 8.34. The fourth-order valence-electron chi connectivity index (χ4n) is 1.96. The Morgan fingerprint density at radius 2 is 2.00 bits per heavy atom. The van der Waals surface area contributed by atoms with E-state index in [0.29, 0.717) is 0 Å². The van der Waals surface area contributed by atoms with Crippen LogP contribution in [-0.2, 0) is 0 Å². The molecule has 0 spiro atoms. The lowest BCUT2D eigenvalue weighted by Gasteiger charge is -2.32. The van der Waals surface area contributed by atoms with Crippen molar-refractivity contribution in [1.82, 2.24) is 0 Å². The fourth-order valence-corrected chi connectivity index (χ4v) is 1.96. The van der Waals surface area contributed by atoms with Crippen LogP contribution in [0.15, 0.2) is 0 Å². The van der Waals surface area contributed by atoms with Crippen LogP contribution in [0.4, 0.5) is 0 Å². The Kier molecular flexibility index (Phi) is 2.89. The molecule has 70 valence electrons. The summed E-state index contributed by atoms with van der Waals surface area (Å²) in [6.07, 6.45) is 4.89. The Balaban J connectivity index is 2.31. The van der Waals surface area contributed by atoms with Crippen LogP contribution in [-0.4, -0.2) is 30.4 Å². The van der Waals surface area contributed by atoms with Crippen molar-refractivity contribution >= 4 is 6.72 Å².